The number of carbonyl (C=O) groups is 1. The topological polar surface area (TPSA) is 58.6 Å². The summed E-state index contributed by atoms with van der Waals surface area (Å²) in [6.45, 7) is 0.904. The molecular formula is C15H13BrClNO3. The summed E-state index contributed by atoms with van der Waals surface area (Å²) in [6, 6.07) is 12.1. The Labute approximate surface area is 135 Å². The summed E-state index contributed by atoms with van der Waals surface area (Å²) in [5.74, 6) is -0.257. The van der Waals surface area contributed by atoms with Gasteiger partial charge in [0.15, 0.2) is 0 Å². The summed E-state index contributed by atoms with van der Waals surface area (Å²) in [4.78, 5) is 11.2. The van der Waals surface area contributed by atoms with Crippen LogP contribution in [0.4, 0.5) is 5.69 Å². The first-order chi connectivity index (χ1) is 10.1. The van der Waals surface area contributed by atoms with Crippen LogP contribution in [0, 0.1) is 0 Å². The zero-order valence-electron chi connectivity index (χ0n) is 11.0. The number of halogens is 2. The molecule has 6 heteroatoms. The van der Waals surface area contributed by atoms with Gasteiger partial charge in [0, 0.05) is 21.7 Å². The van der Waals surface area contributed by atoms with E-state index in [0.717, 1.165) is 10.2 Å². The van der Waals surface area contributed by atoms with Crippen molar-refractivity contribution in [1.29, 1.82) is 0 Å². The first-order valence-electron chi connectivity index (χ1n) is 6.21. The Balaban J connectivity index is 1.89. The maximum absolute atomic E-state index is 11.2. The molecule has 2 aromatic rings. The van der Waals surface area contributed by atoms with Crippen LogP contribution >= 0.6 is 27.5 Å². The molecule has 0 spiro atoms. The molecule has 0 fully saturated rings. The van der Waals surface area contributed by atoms with E-state index in [0.29, 0.717) is 23.9 Å². The maximum Gasteiger partial charge on any atom is 0.337 e. The van der Waals surface area contributed by atoms with E-state index >= 15 is 0 Å². The van der Waals surface area contributed by atoms with Crippen molar-refractivity contribution in [3.8, 4) is 5.75 Å². The normalized spacial score (nSPS) is 10.2. The van der Waals surface area contributed by atoms with Crippen molar-refractivity contribution in [1.82, 2.24) is 0 Å². The van der Waals surface area contributed by atoms with Gasteiger partial charge in [0.1, 0.15) is 12.4 Å². The average molecular weight is 371 g/mol. The number of hydrogen-bond acceptors (Lipinski definition) is 3. The number of nitrogens with one attached hydrogen (secondary N) is 1. The number of benzene rings is 2. The van der Waals surface area contributed by atoms with Crippen molar-refractivity contribution in [2.45, 2.75) is 0 Å². The molecule has 0 radical (unpaired) electrons. The quantitative estimate of drug-likeness (QED) is 0.745. The summed E-state index contributed by atoms with van der Waals surface area (Å²) in [5.41, 5.74) is 0.779. The predicted molar refractivity (Wildman–Crippen MR) is 86.5 cm³/mol. The van der Waals surface area contributed by atoms with Gasteiger partial charge in [0.05, 0.1) is 5.56 Å². The minimum atomic E-state index is -0.975. The van der Waals surface area contributed by atoms with E-state index in [4.69, 9.17) is 21.4 Å². The summed E-state index contributed by atoms with van der Waals surface area (Å²) >= 11 is 9.04. The van der Waals surface area contributed by atoms with Gasteiger partial charge in [-0.05, 0) is 42.5 Å². The Morgan fingerprint density at radius 1 is 1.24 bits per heavy atom. The lowest BCUT2D eigenvalue weighted by Crippen LogP contribution is -2.13. The smallest absolute Gasteiger partial charge is 0.337 e. The third-order valence-electron chi connectivity index (χ3n) is 2.71. The Hall–Kier alpha value is -1.72. The zero-order valence-corrected chi connectivity index (χ0v) is 13.3. The van der Waals surface area contributed by atoms with Gasteiger partial charge in [-0.3, -0.25) is 0 Å². The minimum absolute atomic E-state index is 0.218. The van der Waals surface area contributed by atoms with E-state index in [9.17, 15) is 4.79 Å². The molecule has 2 N–H and O–H groups in total. The van der Waals surface area contributed by atoms with Crippen molar-refractivity contribution in [3.05, 3.63) is 57.5 Å². The lowest BCUT2D eigenvalue weighted by atomic mass is 10.2. The monoisotopic (exact) mass is 369 g/mol. The Bertz CT molecular complexity index is 631. The highest BCUT2D eigenvalue weighted by Crippen LogP contribution is 2.21. The standard InChI is InChI=1S/C15H13BrClNO3/c16-10-1-6-14(13(9-10)15(19)20)18-7-8-21-12-4-2-11(17)3-5-12/h1-6,9,18H,7-8H2,(H,19,20). The summed E-state index contributed by atoms with van der Waals surface area (Å²) in [7, 11) is 0. The molecule has 0 aliphatic heterocycles. The van der Waals surface area contributed by atoms with E-state index in [2.05, 4.69) is 21.2 Å². The second-order valence-corrected chi connectivity index (χ2v) is 5.58. The zero-order chi connectivity index (χ0) is 15.2. The number of hydrogen-bond donors (Lipinski definition) is 2. The highest BCUT2D eigenvalue weighted by Gasteiger charge is 2.10. The molecule has 2 aromatic carbocycles. The predicted octanol–water partition coefficient (Wildman–Crippen LogP) is 4.29. The highest BCUT2D eigenvalue weighted by molar-refractivity contribution is 9.10. The van der Waals surface area contributed by atoms with E-state index in [-0.39, 0.29) is 5.56 Å². The molecule has 0 amide bonds. The van der Waals surface area contributed by atoms with Crippen LogP contribution in [0.2, 0.25) is 5.02 Å². The largest absolute Gasteiger partial charge is 0.492 e. The molecule has 0 aliphatic rings. The molecular weight excluding hydrogens is 358 g/mol. The number of ether oxygens (including phenoxy) is 1. The molecule has 0 saturated carbocycles. The molecule has 0 heterocycles. The molecule has 0 unspecified atom stereocenters. The summed E-state index contributed by atoms with van der Waals surface area (Å²) < 4.78 is 6.25. The fourth-order valence-corrected chi connectivity index (χ4v) is 2.22. The number of carboxylic acid groups (broad SMARTS) is 1. The lowest BCUT2D eigenvalue weighted by molar-refractivity contribution is 0.0698. The third-order valence-corrected chi connectivity index (χ3v) is 3.46. The van der Waals surface area contributed by atoms with Gasteiger partial charge in [0.2, 0.25) is 0 Å². The van der Waals surface area contributed by atoms with Crippen molar-refractivity contribution in [2.24, 2.45) is 0 Å². The van der Waals surface area contributed by atoms with Crippen molar-refractivity contribution in [3.63, 3.8) is 0 Å². The molecule has 0 aromatic heterocycles. The highest BCUT2D eigenvalue weighted by atomic mass is 79.9. The van der Waals surface area contributed by atoms with Gasteiger partial charge in [-0.2, -0.15) is 0 Å². The van der Waals surface area contributed by atoms with E-state index < -0.39 is 5.97 Å². The van der Waals surface area contributed by atoms with Crippen LogP contribution in [-0.4, -0.2) is 24.2 Å². The Morgan fingerprint density at radius 3 is 2.62 bits per heavy atom. The first-order valence-corrected chi connectivity index (χ1v) is 7.38. The number of anilines is 1. The van der Waals surface area contributed by atoms with Crippen LogP contribution in [0.5, 0.6) is 5.75 Å². The molecule has 2 rings (SSSR count). The van der Waals surface area contributed by atoms with Crippen LogP contribution in [0.25, 0.3) is 0 Å². The van der Waals surface area contributed by atoms with Gasteiger partial charge in [0.25, 0.3) is 0 Å². The molecule has 0 atom stereocenters. The number of carboxylic acids is 1. The van der Waals surface area contributed by atoms with Crippen molar-refractivity contribution < 1.29 is 14.6 Å². The maximum atomic E-state index is 11.2. The molecule has 0 saturated heterocycles. The third kappa shape index (κ3) is 4.65. The summed E-state index contributed by atoms with van der Waals surface area (Å²) in [6.07, 6.45) is 0. The van der Waals surface area contributed by atoms with E-state index in [1.165, 1.54) is 0 Å². The van der Waals surface area contributed by atoms with Gasteiger partial charge in [-0.1, -0.05) is 27.5 Å². The van der Waals surface area contributed by atoms with Gasteiger partial charge in [-0.25, -0.2) is 4.79 Å². The van der Waals surface area contributed by atoms with Crippen LogP contribution in [0.1, 0.15) is 10.4 Å². The Kier molecular flexibility index (Phi) is 5.47. The molecule has 4 nitrogen and oxygen atoms in total. The van der Waals surface area contributed by atoms with Crippen LogP contribution in [0.3, 0.4) is 0 Å². The molecule has 0 aliphatic carbocycles. The lowest BCUT2D eigenvalue weighted by Gasteiger charge is -2.11. The van der Waals surface area contributed by atoms with Crippen LogP contribution in [-0.2, 0) is 0 Å². The minimum Gasteiger partial charge on any atom is -0.492 e. The van der Waals surface area contributed by atoms with Crippen LogP contribution in [0.15, 0.2) is 46.9 Å². The number of rotatable bonds is 6. The fourth-order valence-electron chi connectivity index (χ4n) is 1.73. The second kappa shape index (κ2) is 7.33. The van der Waals surface area contributed by atoms with Gasteiger partial charge >= 0.3 is 5.97 Å². The number of aromatic carboxylic acids is 1. The van der Waals surface area contributed by atoms with Crippen molar-refractivity contribution >= 4 is 39.2 Å². The van der Waals surface area contributed by atoms with Crippen molar-refractivity contribution in [2.75, 3.05) is 18.5 Å². The Morgan fingerprint density at radius 2 is 1.95 bits per heavy atom. The SMILES string of the molecule is O=C(O)c1cc(Br)ccc1NCCOc1ccc(Cl)cc1. The van der Waals surface area contributed by atoms with Gasteiger partial charge in [-0.15, -0.1) is 0 Å². The van der Waals surface area contributed by atoms with Gasteiger partial charge < -0.3 is 15.2 Å². The van der Waals surface area contributed by atoms with E-state index in [1.54, 1.807) is 42.5 Å². The van der Waals surface area contributed by atoms with Crippen LogP contribution < -0.4 is 10.1 Å². The first kappa shape index (κ1) is 15.7. The second-order valence-electron chi connectivity index (χ2n) is 4.22. The summed E-state index contributed by atoms with van der Waals surface area (Å²) in [5, 5.41) is 12.9. The fraction of sp³-hybridized carbons (Fsp3) is 0.133. The molecule has 0 bridgehead atoms. The van der Waals surface area contributed by atoms with E-state index in [1.807, 2.05) is 0 Å². The average Bonchev–Trinajstić information content (AvgIpc) is 2.46. The molecule has 110 valence electrons. The molecule has 21 heavy (non-hydrogen) atoms.